The number of aryl methyl sites for hydroxylation is 2. The van der Waals surface area contributed by atoms with Crippen molar-refractivity contribution < 1.29 is 0 Å². The molecular weight excluding hydrogens is 436 g/mol. The third-order valence-electron chi connectivity index (χ3n) is 6.91. The second kappa shape index (κ2) is 15.5. The number of nitrogens with zero attached hydrogens (tertiary/aromatic N) is 2. The van der Waals surface area contributed by atoms with E-state index in [1.54, 1.807) is 11.6 Å². The van der Waals surface area contributed by atoms with Crippen molar-refractivity contribution in [2.24, 2.45) is 5.92 Å². The van der Waals surface area contributed by atoms with E-state index >= 15 is 0 Å². The van der Waals surface area contributed by atoms with Crippen LogP contribution in [0.5, 0.6) is 0 Å². The second-order valence-electron chi connectivity index (χ2n) is 9.43. The molecule has 0 amide bonds. The Morgan fingerprint density at radius 1 is 1.08 bits per heavy atom. The molecule has 2 aromatic rings. The molecule has 0 aliphatic heterocycles. The first-order valence-electron chi connectivity index (χ1n) is 13.1. The summed E-state index contributed by atoms with van der Waals surface area (Å²) in [6, 6.07) is 13.1. The largest absolute Gasteiger partial charge is 0.252 e. The Bertz CT molecular complexity index is 1130. The Morgan fingerprint density at radius 2 is 1.81 bits per heavy atom. The Hall–Kier alpha value is -3.44. The molecule has 3 rings (SSSR count). The zero-order valence-corrected chi connectivity index (χ0v) is 22.6. The van der Waals surface area contributed by atoms with E-state index in [-0.39, 0.29) is 0 Å². The second-order valence-corrected chi connectivity index (χ2v) is 9.43. The van der Waals surface area contributed by atoms with Gasteiger partial charge in [0, 0.05) is 17.7 Å². The molecule has 1 heterocycles. The molecule has 0 unspecified atom stereocenters. The van der Waals surface area contributed by atoms with Gasteiger partial charge in [-0.2, -0.15) is 5.26 Å². The van der Waals surface area contributed by atoms with Crippen molar-refractivity contribution in [1.82, 2.24) is 4.98 Å². The molecule has 0 bridgehead atoms. The van der Waals surface area contributed by atoms with E-state index < -0.39 is 0 Å². The average molecular weight is 479 g/mol. The van der Waals surface area contributed by atoms with E-state index in [4.69, 9.17) is 5.26 Å². The molecule has 36 heavy (non-hydrogen) atoms. The molecule has 0 atom stereocenters. The van der Waals surface area contributed by atoms with E-state index in [9.17, 15) is 0 Å². The van der Waals surface area contributed by atoms with Gasteiger partial charge in [0.25, 0.3) is 0 Å². The Morgan fingerprint density at radius 3 is 2.39 bits per heavy atom. The van der Waals surface area contributed by atoms with Crippen molar-refractivity contribution in [2.75, 3.05) is 0 Å². The van der Waals surface area contributed by atoms with Crippen LogP contribution in [0.2, 0.25) is 0 Å². The van der Waals surface area contributed by atoms with E-state index in [1.165, 1.54) is 31.2 Å². The molecule has 2 nitrogen and oxygen atoms in total. The third kappa shape index (κ3) is 8.35. The van der Waals surface area contributed by atoms with Crippen molar-refractivity contribution in [2.45, 2.75) is 72.1 Å². The van der Waals surface area contributed by atoms with Gasteiger partial charge in [0.05, 0.1) is 11.8 Å². The molecular formula is C34H42N2. The Labute approximate surface area is 219 Å². The first kappa shape index (κ1) is 28.8. The third-order valence-corrected chi connectivity index (χ3v) is 6.91. The van der Waals surface area contributed by atoms with E-state index in [2.05, 4.69) is 67.5 Å². The zero-order valence-electron chi connectivity index (χ0n) is 22.6. The maximum atomic E-state index is 8.61. The van der Waals surface area contributed by atoms with Gasteiger partial charge in [0.1, 0.15) is 0 Å². The van der Waals surface area contributed by atoms with Crippen LogP contribution in [0.15, 0.2) is 73.9 Å². The van der Waals surface area contributed by atoms with E-state index in [1.807, 2.05) is 51.2 Å². The predicted molar refractivity (Wildman–Crippen MR) is 157 cm³/mol. The summed E-state index contributed by atoms with van der Waals surface area (Å²) in [5, 5.41) is 8.61. The highest BCUT2D eigenvalue weighted by Crippen LogP contribution is 2.38. The van der Waals surface area contributed by atoms with E-state index in [0.29, 0.717) is 0 Å². The normalized spacial score (nSPS) is 17.9. The van der Waals surface area contributed by atoms with E-state index in [0.717, 1.165) is 52.8 Å². The highest BCUT2D eigenvalue weighted by atomic mass is 14.7. The van der Waals surface area contributed by atoms with Crippen LogP contribution in [0, 0.1) is 31.1 Å². The van der Waals surface area contributed by atoms with Crippen LogP contribution in [0.1, 0.15) is 91.9 Å². The fourth-order valence-corrected chi connectivity index (χ4v) is 5.05. The summed E-state index contributed by atoms with van der Waals surface area (Å²) in [5.74, 6) is 1.56. The standard InChI is InChI=1S/C18H21N.C16H21N/c1-6-10-15(11-7-2)18-13-16(12-8-3)17(9-4)14(5)19-18;1-13-5-2-3-7-16(13)15-10-8-14(9-11-15)6-4-12-17/h6-13H,1,4H2,2-3,5H3;2-3,5,7,14-15H,4,6,8-11H2,1H3/b11-7-,12-8-,15-10+;. The molecule has 2 heteroatoms. The molecule has 0 radical (unpaired) electrons. The van der Waals surface area contributed by atoms with Crippen molar-refractivity contribution in [3.8, 4) is 6.07 Å². The minimum atomic E-state index is 0.736. The maximum Gasteiger partial charge on any atom is 0.0711 e. The van der Waals surface area contributed by atoms with Crippen LogP contribution in [-0.2, 0) is 0 Å². The molecule has 0 spiro atoms. The van der Waals surface area contributed by atoms with Crippen molar-refractivity contribution in [3.05, 3.63) is 108 Å². The van der Waals surface area contributed by atoms with Crippen molar-refractivity contribution >= 4 is 17.7 Å². The summed E-state index contributed by atoms with van der Waals surface area (Å²) in [4.78, 5) is 4.65. The van der Waals surface area contributed by atoms with Crippen LogP contribution in [-0.4, -0.2) is 4.98 Å². The highest BCUT2D eigenvalue weighted by molar-refractivity contribution is 5.76. The molecule has 1 saturated carbocycles. The van der Waals surface area contributed by atoms with Gasteiger partial charge in [-0.25, -0.2) is 0 Å². The van der Waals surface area contributed by atoms with Gasteiger partial charge in [-0.05, 0) is 100.0 Å². The number of nitriles is 1. The minimum absolute atomic E-state index is 0.736. The lowest BCUT2D eigenvalue weighted by Crippen LogP contribution is -2.14. The Balaban J connectivity index is 0.000000255. The molecule has 0 saturated heterocycles. The predicted octanol–water partition coefficient (Wildman–Crippen LogP) is 9.78. The number of aromatic nitrogens is 1. The summed E-state index contributed by atoms with van der Waals surface area (Å²) in [6.07, 6.45) is 20.8. The van der Waals surface area contributed by atoms with Gasteiger partial charge >= 0.3 is 0 Å². The SMILES string of the molecule is C=C/C=C(\C=C/C)c1cc(/C=C\C)c(C=C)c(C)n1.Cc1ccccc1C1CCC(CCC#N)CC1. The van der Waals surface area contributed by atoms with Gasteiger partial charge in [0.2, 0.25) is 0 Å². The van der Waals surface area contributed by atoms with Crippen LogP contribution < -0.4 is 0 Å². The molecule has 1 aromatic heterocycles. The molecule has 188 valence electrons. The first-order valence-corrected chi connectivity index (χ1v) is 13.1. The zero-order chi connectivity index (χ0) is 26.3. The van der Waals surface area contributed by atoms with Crippen molar-refractivity contribution in [1.29, 1.82) is 5.26 Å². The minimum Gasteiger partial charge on any atom is -0.252 e. The summed E-state index contributed by atoms with van der Waals surface area (Å²) < 4.78 is 0. The summed E-state index contributed by atoms with van der Waals surface area (Å²) in [6.45, 7) is 15.8. The lowest BCUT2D eigenvalue weighted by atomic mass is 9.76. The van der Waals surface area contributed by atoms with Gasteiger partial charge in [-0.1, -0.05) is 80.0 Å². The highest BCUT2D eigenvalue weighted by Gasteiger charge is 2.22. The topological polar surface area (TPSA) is 36.7 Å². The molecule has 1 aromatic carbocycles. The fraction of sp³-hybridized carbons (Fsp3) is 0.353. The maximum absolute atomic E-state index is 8.61. The number of pyridine rings is 1. The lowest BCUT2D eigenvalue weighted by molar-refractivity contribution is 0.312. The first-order chi connectivity index (χ1) is 17.5. The monoisotopic (exact) mass is 478 g/mol. The summed E-state index contributed by atoms with van der Waals surface area (Å²) in [7, 11) is 0. The lowest BCUT2D eigenvalue weighted by Gasteiger charge is -2.29. The summed E-state index contributed by atoms with van der Waals surface area (Å²) >= 11 is 0. The smallest absolute Gasteiger partial charge is 0.0711 e. The van der Waals surface area contributed by atoms with Gasteiger partial charge < -0.3 is 0 Å². The molecule has 1 aliphatic carbocycles. The van der Waals surface area contributed by atoms with Crippen LogP contribution in [0.3, 0.4) is 0 Å². The molecule has 0 N–H and O–H groups in total. The number of hydrogen-bond acceptors (Lipinski definition) is 2. The molecule has 1 aliphatic rings. The van der Waals surface area contributed by atoms with Gasteiger partial charge in [0.15, 0.2) is 0 Å². The van der Waals surface area contributed by atoms with Gasteiger partial charge in [-0.15, -0.1) is 0 Å². The summed E-state index contributed by atoms with van der Waals surface area (Å²) in [5.41, 5.74) is 8.20. The van der Waals surface area contributed by atoms with Crippen molar-refractivity contribution in [3.63, 3.8) is 0 Å². The van der Waals surface area contributed by atoms with Crippen LogP contribution in [0.25, 0.3) is 17.7 Å². The van der Waals surface area contributed by atoms with Gasteiger partial charge in [-0.3, -0.25) is 4.98 Å². The number of rotatable bonds is 8. The fourth-order valence-electron chi connectivity index (χ4n) is 5.05. The number of benzene rings is 1. The average Bonchev–Trinajstić information content (AvgIpc) is 2.88. The number of allylic oxidation sites excluding steroid dienone is 6. The Kier molecular flexibility index (Phi) is 12.4. The quantitative estimate of drug-likeness (QED) is 0.354. The van der Waals surface area contributed by atoms with Crippen LogP contribution >= 0.6 is 0 Å². The van der Waals surface area contributed by atoms with Crippen LogP contribution in [0.4, 0.5) is 0 Å². The number of hydrogen-bond donors (Lipinski definition) is 0. The molecule has 1 fully saturated rings.